The summed E-state index contributed by atoms with van der Waals surface area (Å²) in [6, 6.07) is 6.41. The zero-order valence-electron chi connectivity index (χ0n) is 12.2. The maximum absolute atomic E-state index is 12.2. The number of carboxylic acids is 1. The Hall–Kier alpha value is -1.45. The van der Waals surface area contributed by atoms with Crippen molar-refractivity contribution in [1.82, 2.24) is 4.90 Å². The van der Waals surface area contributed by atoms with E-state index in [9.17, 15) is 18.0 Å². The zero-order valence-corrected chi connectivity index (χ0v) is 14.6. The standard InChI is InChI=1S/C14H17BrN2O5S/c15-11-3-1-10(2-4-11)12(6-14(19)20)17-7-9(5-13(17)18)8-23(16,21)22/h1-4,9,12H,5-8H2,(H,19,20)(H2,16,21,22). The van der Waals surface area contributed by atoms with Gasteiger partial charge in [0, 0.05) is 23.4 Å². The molecule has 1 aromatic carbocycles. The van der Waals surface area contributed by atoms with E-state index in [4.69, 9.17) is 10.2 Å². The molecule has 9 heteroatoms. The minimum absolute atomic E-state index is 0.0586. The van der Waals surface area contributed by atoms with E-state index in [1.165, 1.54) is 4.90 Å². The Labute approximate surface area is 142 Å². The number of likely N-dealkylation sites (tertiary alicyclic amines) is 1. The average molecular weight is 405 g/mol. The van der Waals surface area contributed by atoms with Gasteiger partial charge in [0.1, 0.15) is 0 Å². The summed E-state index contributed by atoms with van der Waals surface area (Å²) >= 11 is 3.31. The van der Waals surface area contributed by atoms with Crippen LogP contribution in [0.15, 0.2) is 28.7 Å². The van der Waals surface area contributed by atoms with Crippen LogP contribution in [0, 0.1) is 5.92 Å². The maximum atomic E-state index is 12.2. The number of nitrogens with zero attached hydrogens (tertiary/aromatic N) is 1. The monoisotopic (exact) mass is 404 g/mol. The molecule has 0 radical (unpaired) electrons. The summed E-state index contributed by atoms with van der Waals surface area (Å²) in [4.78, 5) is 24.8. The molecule has 1 saturated heterocycles. The second kappa shape index (κ2) is 6.98. The lowest BCUT2D eigenvalue weighted by molar-refractivity contribution is -0.139. The van der Waals surface area contributed by atoms with Gasteiger partial charge in [0.2, 0.25) is 15.9 Å². The summed E-state index contributed by atoms with van der Waals surface area (Å²) in [7, 11) is -3.67. The predicted molar refractivity (Wildman–Crippen MR) is 86.9 cm³/mol. The van der Waals surface area contributed by atoms with E-state index >= 15 is 0 Å². The van der Waals surface area contributed by atoms with Gasteiger partial charge in [-0.1, -0.05) is 28.1 Å². The number of sulfonamides is 1. The Morgan fingerprint density at radius 2 is 2.00 bits per heavy atom. The van der Waals surface area contributed by atoms with E-state index in [1.807, 2.05) is 0 Å². The first kappa shape index (κ1) is 17.9. The first-order chi connectivity index (χ1) is 10.7. The van der Waals surface area contributed by atoms with Crippen molar-refractivity contribution < 1.29 is 23.1 Å². The van der Waals surface area contributed by atoms with E-state index in [0.717, 1.165) is 4.47 Å². The molecule has 2 unspecified atom stereocenters. The van der Waals surface area contributed by atoms with Crippen LogP contribution in [-0.4, -0.2) is 42.6 Å². The van der Waals surface area contributed by atoms with E-state index in [0.29, 0.717) is 5.56 Å². The van der Waals surface area contributed by atoms with Crippen LogP contribution in [0.4, 0.5) is 0 Å². The van der Waals surface area contributed by atoms with Crippen LogP contribution in [0.5, 0.6) is 0 Å². The third-order valence-electron chi connectivity index (χ3n) is 3.71. The lowest BCUT2D eigenvalue weighted by Gasteiger charge is -2.27. The molecule has 1 aromatic rings. The Balaban J connectivity index is 2.23. The first-order valence-electron chi connectivity index (χ1n) is 6.93. The van der Waals surface area contributed by atoms with Gasteiger partial charge in [0.05, 0.1) is 18.2 Å². The molecule has 0 aromatic heterocycles. The van der Waals surface area contributed by atoms with Crippen LogP contribution in [0.25, 0.3) is 0 Å². The van der Waals surface area contributed by atoms with Crippen molar-refractivity contribution in [2.45, 2.75) is 18.9 Å². The molecule has 3 N–H and O–H groups in total. The molecule has 1 heterocycles. The molecule has 1 amide bonds. The SMILES string of the molecule is NS(=O)(=O)CC1CC(=O)N(C(CC(=O)O)c2ccc(Br)cc2)C1. The molecule has 1 fully saturated rings. The van der Waals surface area contributed by atoms with E-state index < -0.39 is 28.0 Å². The minimum atomic E-state index is -3.67. The largest absolute Gasteiger partial charge is 0.481 e. The fourth-order valence-corrected chi connectivity index (χ4v) is 3.95. The number of aliphatic carboxylic acids is 1. The van der Waals surface area contributed by atoms with Gasteiger partial charge in [-0.25, -0.2) is 13.6 Å². The third kappa shape index (κ3) is 5.02. The van der Waals surface area contributed by atoms with Crippen molar-refractivity contribution >= 4 is 37.8 Å². The van der Waals surface area contributed by atoms with Crippen molar-refractivity contribution in [1.29, 1.82) is 0 Å². The predicted octanol–water partition coefficient (Wildman–Crippen LogP) is 1.10. The van der Waals surface area contributed by atoms with Crippen molar-refractivity contribution in [2.24, 2.45) is 11.1 Å². The lowest BCUT2D eigenvalue weighted by atomic mass is 10.0. The highest BCUT2D eigenvalue weighted by atomic mass is 79.9. The Morgan fingerprint density at radius 1 is 1.39 bits per heavy atom. The van der Waals surface area contributed by atoms with E-state index in [1.54, 1.807) is 24.3 Å². The number of halogens is 1. The fourth-order valence-electron chi connectivity index (χ4n) is 2.81. The normalized spacial score (nSPS) is 19.8. The minimum Gasteiger partial charge on any atom is -0.481 e. The molecule has 23 heavy (non-hydrogen) atoms. The molecular weight excluding hydrogens is 388 g/mol. The van der Waals surface area contributed by atoms with Crippen molar-refractivity contribution in [3.05, 3.63) is 34.3 Å². The number of hydrogen-bond donors (Lipinski definition) is 2. The summed E-state index contributed by atoms with van der Waals surface area (Å²) in [6.45, 7) is 0.184. The summed E-state index contributed by atoms with van der Waals surface area (Å²) in [5.74, 6) is -1.98. The second-order valence-electron chi connectivity index (χ2n) is 5.61. The Bertz CT molecular complexity index is 704. The van der Waals surface area contributed by atoms with Crippen LogP contribution < -0.4 is 5.14 Å². The van der Waals surface area contributed by atoms with Crippen LogP contribution in [0.3, 0.4) is 0 Å². The maximum Gasteiger partial charge on any atom is 0.305 e. The highest BCUT2D eigenvalue weighted by molar-refractivity contribution is 9.10. The van der Waals surface area contributed by atoms with Gasteiger partial charge in [0.25, 0.3) is 0 Å². The number of primary sulfonamides is 1. The molecule has 2 rings (SSSR count). The molecule has 1 aliphatic heterocycles. The van der Waals surface area contributed by atoms with Crippen molar-refractivity contribution in [3.63, 3.8) is 0 Å². The van der Waals surface area contributed by atoms with E-state index in [-0.39, 0.29) is 31.0 Å². The van der Waals surface area contributed by atoms with Gasteiger partial charge in [-0.3, -0.25) is 9.59 Å². The molecule has 1 aliphatic rings. The fraction of sp³-hybridized carbons (Fsp3) is 0.429. The number of nitrogens with two attached hydrogens (primary N) is 1. The van der Waals surface area contributed by atoms with Crippen molar-refractivity contribution in [2.75, 3.05) is 12.3 Å². The van der Waals surface area contributed by atoms with Gasteiger partial charge >= 0.3 is 5.97 Å². The highest BCUT2D eigenvalue weighted by Crippen LogP contribution is 2.32. The van der Waals surface area contributed by atoms with Gasteiger partial charge in [0.15, 0.2) is 0 Å². The molecule has 2 atom stereocenters. The summed E-state index contributed by atoms with van der Waals surface area (Å²) in [5, 5.41) is 14.2. The third-order valence-corrected chi connectivity index (χ3v) is 5.17. The smallest absolute Gasteiger partial charge is 0.305 e. The number of amides is 1. The van der Waals surface area contributed by atoms with Crippen LogP contribution in [0.1, 0.15) is 24.4 Å². The summed E-state index contributed by atoms with van der Waals surface area (Å²) in [5.41, 5.74) is 0.695. The zero-order chi connectivity index (χ0) is 17.2. The number of hydrogen-bond acceptors (Lipinski definition) is 4. The van der Waals surface area contributed by atoms with Gasteiger partial charge in [-0.05, 0) is 17.7 Å². The topological polar surface area (TPSA) is 118 Å². The summed E-state index contributed by atoms with van der Waals surface area (Å²) < 4.78 is 23.3. The molecule has 0 aliphatic carbocycles. The Kier molecular flexibility index (Phi) is 5.43. The Morgan fingerprint density at radius 3 is 2.52 bits per heavy atom. The number of carboxylic acid groups (broad SMARTS) is 1. The van der Waals surface area contributed by atoms with Crippen LogP contribution >= 0.6 is 15.9 Å². The molecule has 0 spiro atoms. The van der Waals surface area contributed by atoms with Crippen molar-refractivity contribution in [3.8, 4) is 0 Å². The number of carbonyl (C=O) groups excluding carboxylic acids is 1. The van der Waals surface area contributed by atoms with E-state index in [2.05, 4.69) is 15.9 Å². The lowest BCUT2D eigenvalue weighted by Crippen LogP contribution is -2.33. The molecule has 0 saturated carbocycles. The second-order valence-corrected chi connectivity index (χ2v) is 8.19. The highest BCUT2D eigenvalue weighted by Gasteiger charge is 2.37. The van der Waals surface area contributed by atoms with Gasteiger partial charge < -0.3 is 10.0 Å². The molecule has 0 bridgehead atoms. The summed E-state index contributed by atoms with van der Waals surface area (Å²) in [6.07, 6.45) is -0.182. The number of carbonyl (C=O) groups is 2. The van der Waals surface area contributed by atoms with Crippen LogP contribution in [-0.2, 0) is 19.6 Å². The molecule has 7 nitrogen and oxygen atoms in total. The van der Waals surface area contributed by atoms with Crippen LogP contribution in [0.2, 0.25) is 0 Å². The molecular formula is C14H17BrN2O5S. The molecule has 126 valence electrons. The van der Waals surface area contributed by atoms with Gasteiger partial charge in [-0.2, -0.15) is 0 Å². The number of rotatable bonds is 6. The first-order valence-corrected chi connectivity index (χ1v) is 9.44. The number of benzene rings is 1. The quantitative estimate of drug-likeness (QED) is 0.735. The van der Waals surface area contributed by atoms with Gasteiger partial charge in [-0.15, -0.1) is 0 Å². The average Bonchev–Trinajstić information content (AvgIpc) is 2.75.